The van der Waals surface area contributed by atoms with E-state index in [1.807, 2.05) is 11.8 Å². The third-order valence-electron chi connectivity index (χ3n) is 1.88. The largest absolute Gasteiger partial charge is 0.456 e. The summed E-state index contributed by atoms with van der Waals surface area (Å²) in [6.45, 7) is 2.20. The van der Waals surface area contributed by atoms with Gasteiger partial charge in [-0.05, 0) is 31.3 Å². The van der Waals surface area contributed by atoms with Gasteiger partial charge in [-0.3, -0.25) is 0 Å². The summed E-state index contributed by atoms with van der Waals surface area (Å²) < 4.78 is 4.72. The molecule has 72 valence electrons. The molecule has 0 bridgehead atoms. The predicted molar refractivity (Wildman–Crippen MR) is 54.5 cm³/mol. The SMILES string of the molecule is CCOC(=O)C#CC1CCSCC1. The summed E-state index contributed by atoms with van der Waals surface area (Å²) in [5.74, 6) is 7.86. The van der Waals surface area contributed by atoms with Crippen molar-refractivity contribution < 1.29 is 9.53 Å². The molecule has 1 fully saturated rings. The number of ether oxygens (including phenoxy) is 1. The number of carbonyl (C=O) groups excluding carboxylic acids is 1. The van der Waals surface area contributed by atoms with E-state index in [1.165, 1.54) is 11.5 Å². The smallest absolute Gasteiger partial charge is 0.384 e. The van der Waals surface area contributed by atoms with Gasteiger partial charge in [0.2, 0.25) is 0 Å². The van der Waals surface area contributed by atoms with Crippen LogP contribution in [0.2, 0.25) is 0 Å². The summed E-state index contributed by atoms with van der Waals surface area (Å²) in [5.41, 5.74) is 0. The van der Waals surface area contributed by atoms with E-state index in [-0.39, 0.29) is 5.97 Å². The van der Waals surface area contributed by atoms with Crippen molar-refractivity contribution in [2.45, 2.75) is 19.8 Å². The second-order valence-electron chi connectivity index (χ2n) is 2.88. The molecule has 1 saturated heterocycles. The van der Waals surface area contributed by atoms with Gasteiger partial charge in [0.1, 0.15) is 0 Å². The predicted octanol–water partition coefficient (Wildman–Crippen LogP) is 1.70. The molecule has 1 aliphatic heterocycles. The van der Waals surface area contributed by atoms with Crippen molar-refractivity contribution in [3.63, 3.8) is 0 Å². The Morgan fingerprint density at radius 3 is 2.85 bits per heavy atom. The van der Waals surface area contributed by atoms with Crippen LogP contribution in [0.4, 0.5) is 0 Å². The fourth-order valence-electron chi connectivity index (χ4n) is 1.17. The molecule has 0 atom stereocenters. The van der Waals surface area contributed by atoms with Gasteiger partial charge in [0.15, 0.2) is 0 Å². The van der Waals surface area contributed by atoms with Crippen LogP contribution in [-0.2, 0) is 9.53 Å². The fourth-order valence-corrected chi connectivity index (χ4v) is 2.28. The van der Waals surface area contributed by atoms with Gasteiger partial charge in [0.05, 0.1) is 6.61 Å². The Labute approximate surface area is 83.4 Å². The zero-order chi connectivity index (χ0) is 9.52. The van der Waals surface area contributed by atoms with E-state index in [9.17, 15) is 4.79 Å². The van der Waals surface area contributed by atoms with Gasteiger partial charge in [-0.25, -0.2) is 4.79 Å². The normalized spacial score (nSPS) is 17.3. The molecule has 0 amide bonds. The van der Waals surface area contributed by atoms with Gasteiger partial charge in [0.25, 0.3) is 0 Å². The second kappa shape index (κ2) is 5.93. The van der Waals surface area contributed by atoms with Crippen LogP contribution in [0.15, 0.2) is 0 Å². The molecule has 0 unspecified atom stereocenters. The summed E-state index contributed by atoms with van der Waals surface area (Å²) in [6.07, 6.45) is 2.22. The highest BCUT2D eigenvalue weighted by atomic mass is 32.2. The number of esters is 1. The fraction of sp³-hybridized carbons (Fsp3) is 0.700. The molecule has 1 heterocycles. The van der Waals surface area contributed by atoms with Crippen molar-refractivity contribution in [2.24, 2.45) is 5.92 Å². The van der Waals surface area contributed by atoms with Crippen molar-refractivity contribution >= 4 is 17.7 Å². The topological polar surface area (TPSA) is 26.3 Å². The highest BCUT2D eigenvalue weighted by Crippen LogP contribution is 2.21. The van der Waals surface area contributed by atoms with Crippen molar-refractivity contribution in [3.8, 4) is 11.8 Å². The lowest BCUT2D eigenvalue weighted by atomic mass is 10.0. The van der Waals surface area contributed by atoms with E-state index in [0.717, 1.165) is 12.8 Å². The number of thioether (sulfide) groups is 1. The van der Waals surface area contributed by atoms with Crippen LogP contribution in [-0.4, -0.2) is 24.1 Å². The van der Waals surface area contributed by atoms with Crippen LogP contribution in [0.5, 0.6) is 0 Å². The van der Waals surface area contributed by atoms with Gasteiger partial charge in [-0.2, -0.15) is 11.8 Å². The number of hydrogen-bond acceptors (Lipinski definition) is 3. The standard InChI is InChI=1S/C10H14O2S/c1-2-12-10(11)4-3-9-5-7-13-8-6-9/h9H,2,5-8H2,1H3. The molecule has 3 heteroatoms. The molecule has 0 saturated carbocycles. The summed E-state index contributed by atoms with van der Waals surface area (Å²) >= 11 is 1.96. The molecule has 0 aromatic rings. The van der Waals surface area contributed by atoms with Crippen LogP contribution < -0.4 is 0 Å². The Hall–Kier alpha value is -0.620. The Bertz CT molecular complexity index is 221. The number of hydrogen-bond donors (Lipinski definition) is 0. The van der Waals surface area contributed by atoms with E-state index < -0.39 is 0 Å². The molecular formula is C10H14O2S. The Morgan fingerprint density at radius 2 is 2.23 bits per heavy atom. The summed E-state index contributed by atoms with van der Waals surface area (Å²) in [7, 11) is 0. The van der Waals surface area contributed by atoms with Crippen molar-refractivity contribution in [1.82, 2.24) is 0 Å². The molecule has 13 heavy (non-hydrogen) atoms. The maximum Gasteiger partial charge on any atom is 0.384 e. The van der Waals surface area contributed by atoms with Gasteiger partial charge in [-0.15, -0.1) is 0 Å². The molecule has 0 aliphatic carbocycles. The van der Waals surface area contributed by atoms with E-state index in [2.05, 4.69) is 11.8 Å². The molecule has 0 N–H and O–H groups in total. The zero-order valence-electron chi connectivity index (χ0n) is 7.84. The van der Waals surface area contributed by atoms with Gasteiger partial charge < -0.3 is 4.74 Å². The molecule has 1 rings (SSSR count). The maximum atomic E-state index is 10.9. The molecule has 0 radical (unpaired) electrons. The van der Waals surface area contributed by atoms with Gasteiger partial charge >= 0.3 is 5.97 Å². The molecule has 0 aromatic heterocycles. The van der Waals surface area contributed by atoms with E-state index >= 15 is 0 Å². The van der Waals surface area contributed by atoms with Crippen LogP contribution in [0.3, 0.4) is 0 Å². The van der Waals surface area contributed by atoms with Crippen LogP contribution in [0.1, 0.15) is 19.8 Å². The summed E-state index contributed by atoms with van der Waals surface area (Å²) in [6, 6.07) is 0. The minimum Gasteiger partial charge on any atom is -0.456 e. The Morgan fingerprint density at radius 1 is 1.54 bits per heavy atom. The third kappa shape index (κ3) is 4.23. The monoisotopic (exact) mass is 198 g/mol. The van der Waals surface area contributed by atoms with Crippen molar-refractivity contribution in [3.05, 3.63) is 0 Å². The van der Waals surface area contributed by atoms with Crippen molar-refractivity contribution in [1.29, 1.82) is 0 Å². The van der Waals surface area contributed by atoms with Crippen LogP contribution in [0.25, 0.3) is 0 Å². The Kier molecular flexibility index (Phi) is 4.77. The van der Waals surface area contributed by atoms with Crippen molar-refractivity contribution in [2.75, 3.05) is 18.1 Å². The van der Waals surface area contributed by atoms with Gasteiger partial charge in [-0.1, -0.05) is 5.92 Å². The molecule has 0 aromatic carbocycles. The lowest BCUT2D eigenvalue weighted by Gasteiger charge is -2.15. The van der Waals surface area contributed by atoms with Gasteiger partial charge in [0, 0.05) is 11.8 Å². The Balaban J connectivity index is 2.31. The minimum absolute atomic E-state index is 0.388. The molecule has 0 spiro atoms. The quantitative estimate of drug-likeness (QED) is 0.364. The first kappa shape index (κ1) is 10.5. The average molecular weight is 198 g/mol. The first-order valence-corrected chi connectivity index (χ1v) is 5.74. The lowest BCUT2D eigenvalue weighted by molar-refractivity contribution is -0.136. The first-order chi connectivity index (χ1) is 6.33. The molecule has 2 nitrogen and oxygen atoms in total. The second-order valence-corrected chi connectivity index (χ2v) is 4.10. The lowest BCUT2D eigenvalue weighted by Crippen LogP contribution is -2.08. The van der Waals surface area contributed by atoms with E-state index in [0.29, 0.717) is 12.5 Å². The highest BCUT2D eigenvalue weighted by molar-refractivity contribution is 7.99. The average Bonchev–Trinajstić information content (AvgIpc) is 2.17. The maximum absolute atomic E-state index is 10.9. The van der Waals surface area contributed by atoms with E-state index in [4.69, 9.17) is 4.74 Å². The number of rotatable bonds is 1. The zero-order valence-corrected chi connectivity index (χ0v) is 8.65. The van der Waals surface area contributed by atoms with E-state index in [1.54, 1.807) is 6.92 Å². The first-order valence-electron chi connectivity index (χ1n) is 4.59. The molecular weight excluding hydrogens is 184 g/mol. The van der Waals surface area contributed by atoms with Crippen LogP contribution in [0, 0.1) is 17.8 Å². The summed E-state index contributed by atoms with van der Waals surface area (Å²) in [5, 5.41) is 0. The van der Waals surface area contributed by atoms with Crippen LogP contribution >= 0.6 is 11.8 Å². The number of carbonyl (C=O) groups is 1. The summed E-state index contributed by atoms with van der Waals surface area (Å²) in [4.78, 5) is 10.9. The molecule has 1 aliphatic rings. The highest BCUT2D eigenvalue weighted by Gasteiger charge is 2.10. The minimum atomic E-state index is -0.388. The third-order valence-corrected chi connectivity index (χ3v) is 2.92.